The van der Waals surface area contributed by atoms with E-state index in [9.17, 15) is 9.59 Å². The lowest BCUT2D eigenvalue weighted by atomic mass is 9.74. The molecule has 2 aromatic rings. The Morgan fingerprint density at radius 1 is 1.03 bits per heavy atom. The molecular formula is C28H36N4O3. The third-order valence-electron chi connectivity index (χ3n) is 7.89. The number of anilines is 2. The lowest BCUT2D eigenvalue weighted by molar-refractivity contribution is -0.145. The van der Waals surface area contributed by atoms with Gasteiger partial charge in [0.25, 0.3) is 0 Å². The third-order valence-corrected chi connectivity index (χ3v) is 7.89. The number of pyridine rings is 1. The maximum atomic E-state index is 13.1. The second-order valence-electron chi connectivity index (χ2n) is 10.6. The average Bonchev–Trinajstić information content (AvgIpc) is 2.85. The molecule has 7 nitrogen and oxygen atoms in total. The molecular weight excluding hydrogens is 440 g/mol. The van der Waals surface area contributed by atoms with Gasteiger partial charge < -0.3 is 19.9 Å². The molecule has 2 aliphatic heterocycles. The second-order valence-corrected chi connectivity index (χ2v) is 10.6. The van der Waals surface area contributed by atoms with E-state index in [4.69, 9.17) is 4.74 Å². The van der Waals surface area contributed by atoms with Crippen molar-refractivity contribution in [3.05, 3.63) is 48.8 Å². The maximum absolute atomic E-state index is 13.1. The van der Waals surface area contributed by atoms with Gasteiger partial charge in [0, 0.05) is 56.3 Å². The van der Waals surface area contributed by atoms with Gasteiger partial charge in [-0.3, -0.25) is 14.6 Å². The standard InChI is InChI=1S/C28H36N4O3/c1-28(13-3-2-4-14-28)27(34)31-16-11-25(12-17-31)35-24-9-7-22(8-10-24)30-26(33)21-19-32(20-21)23-6-5-15-29-18-23/h5-10,15,18,21,25H,2-4,11-14,16-17,19-20H2,1H3,(H,30,33). The van der Waals surface area contributed by atoms with E-state index in [1.165, 1.54) is 19.3 Å². The molecule has 186 valence electrons. The molecule has 3 fully saturated rings. The number of hydrogen-bond donors (Lipinski definition) is 1. The predicted molar refractivity (Wildman–Crippen MR) is 136 cm³/mol. The van der Waals surface area contributed by atoms with Crippen molar-refractivity contribution in [2.24, 2.45) is 11.3 Å². The fourth-order valence-electron chi connectivity index (χ4n) is 5.55. The molecule has 1 aliphatic carbocycles. The zero-order chi connectivity index (χ0) is 24.3. The van der Waals surface area contributed by atoms with E-state index in [0.717, 1.165) is 55.9 Å². The number of benzene rings is 1. The largest absolute Gasteiger partial charge is 0.490 e. The number of amides is 2. The van der Waals surface area contributed by atoms with Crippen LogP contribution in [-0.4, -0.2) is 54.0 Å². The minimum Gasteiger partial charge on any atom is -0.490 e. The Hall–Kier alpha value is -3.09. The van der Waals surface area contributed by atoms with Crippen LogP contribution in [0, 0.1) is 11.3 Å². The van der Waals surface area contributed by atoms with Crippen molar-refractivity contribution in [2.45, 2.75) is 58.0 Å². The van der Waals surface area contributed by atoms with Crippen molar-refractivity contribution in [2.75, 3.05) is 36.4 Å². The fourth-order valence-corrected chi connectivity index (χ4v) is 5.55. The second kappa shape index (κ2) is 10.3. The third kappa shape index (κ3) is 5.44. The van der Waals surface area contributed by atoms with Crippen LogP contribution in [0.2, 0.25) is 0 Å². The van der Waals surface area contributed by atoms with E-state index in [-0.39, 0.29) is 23.3 Å². The van der Waals surface area contributed by atoms with Crippen LogP contribution in [0.1, 0.15) is 51.9 Å². The van der Waals surface area contributed by atoms with Gasteiger partial charge in [-0.05, 0) is 49.2 Å². The lowest BCUT2D eigenvalue weighted by Crippen LogP contribution is -2.52. The van der Waals surface area contributed by atoms with Crippen molar-refractivity contribution >= 4 is 23.2 Å². The Labute approximate surface area is 207 Å². The molecule has 0 radical (unpaired) electrons. The van der Waals surface area contributed by atoms with Gasteiger partial charge in [0.05, 0.1) is 17.8 Å². The summed E-state index contributed by atoms with van der Waals surface area (Å²) in [6.45, 7) is 5.10. The van der Waals surface area contributed by atoms with Gasteiger partial charge in [0.2, 0.25) is 11.8 Å². The number of carbonyl (C=O) groups is 2. The summed E-state index contributed by atoms with van der Waals surface area (Å²) in [6, 6.07) is 11.5. The first-order valence-corrected chi connectivity index (χ1v) is 13.0. The predicted octanol–water partition coefficient (Wildman–Crippen LogP) is 4.50. The molecule has 0 atom stereocenters. The smallest absolute Gasteiger partial charge is 0.231 e. The van der Waals surface area contributed by atoms with Crippen molar-refractivity contribution < 1.29 is 14.3 Å². The fraction of sp³-hybridized carbons (Fsp3) is 0.536. The highest BCUT2D eigenvalue weighted by Crippen LogP contribution is 2.38. The highest BCUT2D eigenvalue weighted by Gasteiger charge is 2.39. The summed E-state index contributed by atoms with van der Waals surface area (Å²) in [4.78, 5) is 34.0. The van der Waals surface area contributed by atoms with Crippen molar-refractivity contribution in [3.63, 3.8) is 0 Å². The number of nitrogens with zero attached hydrogens (tertiary/aromatic N) is 3. The Morgan fingerprint density at radius 3 is 2.40 bits per heavy atom. The van der Waals surface area contributed by atoms with Gasteiger partial charge in [-0.25, -0.2) is 0 Å². The molecule has 3 aliphatic rings. The van der Waals surface area contributed by atoms with Crippen molar-refractivity contribution in [3.8, 4) is 5.75 Å². The van der Waals surface area contributed by atoms with Gasteiger partial charge in [0.1, 0.15) is 11.9 Å². The van der Waals surface area contributed by atoms with Crippen LogP contribution >= 0.6 is 0 Å². The molecule has 0 spiro atoms. The zero-order valence-corrected chi connectivity index (χ0v) is 20.6. The Balaban J connectivity index is 1.05. The van der Waals surface area contributed by atoms with E-state index >= 15 is 0 Å². The van der Waals surface area contributed by atoms with E-state index in [1.54, 1.807) is 6.20 Å². The summed E-state index contributed by atoms with van der Waals surface area (Å²) in [7, 11) is 0. The molecule has 5 rings (SSSR count). The minimum atomic E-state index is -0.164. The number of nitrogens with one attached hydrogen (secondary N) is 1. The highest BCUT2D eigenvalue weighted by atomic mass is 16.5. The summed E-state index contributed by atoms with van der Waals surface area (Å²) >= 11 is 0. The summed E-state index contributed by atoms with van der Waals surface area (Å²) in [5, 5.41) is 3.02. The first-order chi connectivity index (χ1) is 17.0. The number of piperidine rings is 1. The molecule has 1 aromatic heterocycles. The van der Waals surface area contributed by atoms with Gasteiger partial charge >= 0.3 is 0 Å². The molecule has 0 unspecified atom stereocenters. The summed E-state index contributed by atoms with van der Waals surface area (Å²) < 4.78 is 6.19. The van der Waals surface area contributed by atoms with E-state index in [0.29, 0.717) is 19.0 Å². The number of rotatable bonds is 6. The molecule has 2 amide bonds. The van der Waals surface area contributed by atoms with Crippen LogP contribution < -0.4 is 15.0 Å². The highest BCUT2D eigenvalue weighted by molar-refractivity contribution is 5.94. The van der Waals surface area contributed by atoms with Crippen LogP contribution in [-0.2, 0) is 9.59 Å². The summed E-state index contributed by atoms with van der Waals surface area (Å²) in [5.41, 5.74) is 1.67. The molecule has 1 aromatic carbocycles. The SMILES string of the molecule is CC1(C(=O)N2CCC(Oc3ccc(NC(=O)C4CN(c5cccnc5)C4)cc3)CC2)CCCCC1. The molecule has 1 saturated carbocycles. The first kappa shape index (κ1) is 23.6. The van der Waals surface area contributed by atoms with Crippen molar-refractivity contribution in [1.29, 1.82) is 0 Å². The van der Waals surface area contributed by atoms with Gasteiger partial charge in [-0.2, -0.15) is 0 Å². The maximum Gasteiger partial charge on any atom is 0.231 e. The lowest BCUT2D eigenvalue weighted by Gasteiger charge is -2.40. The number of aromatic nitrogens is 1. The van der Waals surface area contributed by atoms with Gasteiger partial charge in [-0.15, -0.1) is 0 Å². The average molecular weight is 477 g/mol. The van der Waals surface area contributed by atoms with E-state index in [2.05, 4.69) is 27.0 Å². The van der Waals surface area contributed by atoms with Crippen LogP contribution in [0.5, 0.6) is 5.75 Å². The molecule has 35 heavy (non-hydrogen) atoms. The van der Waals surface area contributed by atoms with Crippen LogP contribution in [0.4, 0.5) is 11.4 Å². The first-order valence-electron chi connectivity index (χ1n) is 13.0. The van der Waals surface area contributed by atoms with Crippen LogP contribution in [0.3, 0.4) is 0 Å². The molecule has 7 heteroatoms. The number of ether oxygens (including phenoxy) is 1. The molecule has 3 heterocycles. The Kier molecular flexibility index (Phi) is 6.93. The van der Waals surface area contributed by atoms with Crippen LogP contribution in [0.25, 0.3) is 0 Å². The molecule has 0 bridgehead atoms. The monoisotopic (exact) mass is 476 g/mol. The molecule has 1 N–H and O–H groups in total. The van der Waals surface area contributed by atoms with Gasteiger partial charge in [-0.1, -0.05) is 26.2 Å². The number of likely N-dealkylation sites (tertiary alicyclic amines) is 1. The zero-order valence-electron chi connectivity index (χ0n) is 20.6. The summed E-state index contributed by atoms with van der Waals surface area (Å²) in [6.07, 6.45) is 11.0. The summed E-state index contributed by atoms with van der Waals surface area (Å²) in [5.74, 6) is 1.17. The van der Waals surface area contributed by atoms with E-state index < -0.39 is 0 Å². The van der Waals surface area contributed by atoms with Crippen molar-refractivity contribution in [1.82, 2.24) is 9.88 Å². The molecule has 2 saturated heterocycles. The topological polar surface area (TPSA) is 74.8 Å². The quantitative estimate of drug-likeness (QED) is 0.665. The minimum absolute atomic E-state index is 0.0186. The Bertz CT molecular complexity index is 1010. The number of carbonyl (C=O) groups excluding carboxylic acids is 2. The number of hydrogen-bond acceptors (Lipinski definition) is 5. The van der Waals surface area contributed by atoms with E-state index in [1.807, 2.05) is 42.6 Å². The Morgan fingerprint density at radius 2 is 1.74 bits per heavy atom. The van der Waals surface area contributed by atoms with Gasteiger partial charge in [0.15, 0.2) is 0 Å². The van der Waals surface area contributed by atoms with Crippen LogP contribution in [0.15, 0.2) is 48.8 Å². The normalized spacial score (nSPS) is 20.7.